The van der Waals surface area contributed by atoms with Crippen molar-refractivity contribution in [2.75, 3.05) is 13.2 Å². The first-order valence-electron chi connectivity index (χ1n) is 33.6. The van der Waals surface area contributed by atoms with Crippen LogP contribution in [-0.4, -0.2) is 47.4 Å². The van der Waals surface area contributed by atoms with E-state index in [0.29, 0.717) is 25.9 Å². The van der Waals surface area contributed by atoms with Crippen molar-refractivity contribution in [1.29, 1.82) is 0 Å². The van der Waals surface area contributed by atoms with Crippen molar-refractivity contribution in [3.63, 3.8) is 0 Å². The normalized spacial score (nSPS) is 12.6. The number of unbranched alkanes of at least 4 members (excludes halogenated alkanes) is 48. The SMILES string of the molecule is CCCCCCC/C=C\CCCCCCCC(=O)OCCCCCCCCCCCC/C=C\CCCCCCCCCC(=O)NC(CO)C(O)CCCCCCCCCCCCCCCCCCCCCCCC. The van der Waals surface area contributed by atoms with E-state index in [1.54, 1.807) is 0 Å². The Labute approximate surface area is 462 Å². The molecule has 0 radical (unpaired) electrons. The average molecular weight is 1040 g/mol. The summed E-state index contributed by atoms with van der Waals surface area (Å²) in [5, 5.41) is 23.4. The molecular formula is C68H131NO5. The Morgan fingerprint density at radius 3 is 0.959 bits per heavy atom. The standard InChI is InChI=1S/C68H131NO5/c1-3-5-7-9-11-13-15-17-19-20-21-22-24-27-30-33-36-40-44-48-52-56-60-66(71)65(64-70)69-67(72)61-57-53-49-45-41-37-34-31-28-25-23-26-29-32-35-39-43-47-51-55-59-63-74-68(73)62-58-54-50-46-42-38-18-16-14-12-10-8-6-4-2/h16,18,25,28,65-66,70-71H,3-15,17,19-24,26-27,29-64H2,1-2H3,(H,69,72)/b18-16-,28-25-. The molecule has 2 unspecified atom stereocenters. The number of ether oxygens (including phenoxy) is 1. The van der Waals surface area contributed by atoms with Crippen molar-refractivity contribution in [2.45, 2.75) is 386 Å². The summed E-state index contributed by atoms with van der Waals surface area (Å²) in [6.07, 6.45) is 79.2. The van der Waals surface area contributed by atoms with Crippen LogP contribution in [0.5, 0.6) is 0 Å². The van der Waals surface area contributed by atoms with E-state index in [0.717, 1.165) is 44.9 Å². The summed E-state index contributed by atoms with van der Waals surface area (Å²) < 4.78 is 5.48. The maximum absolute atomic E-state index is 12.5. The topological polar surface area (TPSA) is 95.9 Å². The Kier molecular flexibility index (Phi) is 62.4. The molecule has 0 fully saturated rings. The Morgan fingerprint density at radius 2 is 0.635 bits per heavy atom. The van der Waals surface area contributed by atoms with Gasteiger partial charge in [-0.2, -0.15) is 0 Å². The van der Waals surface area contributed by atoms with Crippen molar-refractivity contribution in [3.05, 3.63) is 24.3 Å². The predicted octanol–water partition coefficient (Wildman–Crippen LogP) is 21.4. The summed E-state index contributed by atoms with van der Waals surface area (Å²) in [5.41, 5.74) is 0. The first kappa shape index (κ1) is 72.3. The Morgan fingerprint density at radius 1 is 0.365 bits per heavy atom. The van der Waals surface area contributed by atoms with Crippen LogP contribution >= 0.6 is 0 Å². The van der Waals surface area contributed by atoms with E-state index in [1.165, 1.54) is 295 Å². The summed E-state index contributed by atoms with van der Waals surface area (Å²) in [4.78, 5) is 24.6. The van der Waals surface area contributed by atoms with Crippen molar-refractivity contribution < 1.29 is 24.5 Å². The van der Waals surface area contributed by atoms with Gasteiger partial charge in [-0.1, -0.05) is 308 Å². The second-order valence-corrected chi connectivity index (χ2v) is 23.1. The van der Waals surface area contributed by atoms with Crippen LogP contribution in [0.4, 0.5) is 0 Å². The highest BCUT2D eigenvalue weighted by Gasteiger charge is 2.20. The van der Waals surface area contributed by atoms with E-state index >= 15 is 0 Å². The van der Waals surface area contributed by atoms with Gasteiger partial charge in [0.1, 0.15) is 0 Å². The van der Waals surface area contributed by atoms with E-state index in [4.69, 9.17) is 4.74 Å². The number of nitrogens with one attached hydrogen (secondary N) is 1. The smallest absolute Gasteiger partial charge is 0.305 e. The molecule has 0 aromatic rings. The molecule has 0 aliphatic rings. The quantitative estimate of drug-likeness (QED) is 0.0320. The molecule has 0 bridgehead atoms. The number of rotatable bonds is 63. The molecule has 3 N–H and O–H groups in total. The minimum Gasteiger partial charge on any atom is -0.466 e. The third kappa shape index (κ3) is 59.6. The fraction of sp³-hybridized carbons (Fsp3) is 0.912. The summed E-state index contributed by atoms with van der Waals surface area (Å²) >= 11 is 0. The lowest BCUT2D eigenvalue weighted by molar-refractivity contribution is -0.143. The van der Waals surface area contributed by atoms with E-state index in [9.17, 15) is 19.8 Å². The molecule has 0 spiro atoms. The van der Waals surface area contributed by atoms with Gasteiger partial charge in [0.25, 0.3) is 0 Å². The number of hydrogen-bond donors (Lipinski definition) is 3. The van der Waals surface area contributed by atoms with Gasteiger partial charge in [-0.3, -0.25) is 9.59 Å². The molecule has 0 saturated heterocycles. The van der Waals surface area contributed by atoms with Crippen LogP contribution in [0.1, 0.15) is 373 Å². The minimum absolute atomic E-state index is 0.000464. The molecule has 6 heteroatoms. The second-order valence-electron chi connectivity index (χ2n) is 23.1. The van der Waals surface area contributed by atoms with Crippen molar-refractivity contribution in [2.24, 2.45) is 0 Å². The first-order valence-corrected chi connectivity index (χ1v) is 33.6. The number of aliphatic hydroxyl groups excluding tert-OH is 2. The van der Waals surface area contributed by atoms with Gasteiger partial charge in [0.05, 0.1) is 25.4 Å². The highest BCUT2D eigenvalue weighted by molar-refractivity contribution is 5.76. The second kappa shape index (κ2) is 63.9. The van der Waals surface area contributed by atoms with Gasteiger partial charge in [0.2, 0.25) is 5.91 Å². The van der Waals surface area contributed by atoms with Gasteiger partial charge >= 0.3 is 5.97 Å². The number of esters is 1. The summed E-state index contributed by atoms with van der Waals surface area (Å²) in [6.45, 7) is 4.96. The number of aliphatic hydroxyl groups is 2. The van der Waals surface area contributed by atoms with Crippen LogP contribution in [0.15, 0.2) is 24.3 Å². The number of allylic oxidation sites excluding steroid dienone is 4. The fourth-order valence-electron chi connectivity index (χ4n) is 10.6. The van der Waals surface area contributed by atoms with Gasteiger partial charge in [0, 0.05) is 12.8 Å². The van der Waals surface area contributed by atoms with Crippen LogP contribution in [0, 0.1) is 0 Å². The maximum Gasteiger partial charge on any atom is 0.305 e. The predicted molar refractivity (Wildman–Crippen MR) is 324 cm³/mol. The molecule has 438 valence electrons. The van der Waals surface area contributed by atoms with E-state index in [-0.39, 0.29) is 18.5 Å². The highest BCUT2D eigenvalue weighted by atomic mass is 16.5. The van der Waals surface area contributed by atoms with Crippen LogP contribution in [0.2, 0.25) is 0 Å². The molecule has 74 heavy (non-hydrogen) atoms. The largest absolute Gasteiger partial charge is 0.466 e. The number of hydrogen-bond acceptors (Lipinski definition) is 5. The lowest BCUT2D eigenvalue weighted by atomic mass is 10.0. The maximum atomic E-state index is 12.5. The van der Waals surface area contributed by atoms with Gasteiger partial charge in [0.15, 0.2) is 0 Å². The van der Waals surface area contributed by atoms with Crippen LogP contribution in [-0.2, 0) is 14.3 Å². The summed E-state index contributed by atoms with van der Waals surface area (Å²) in [7, 11) is 0. The third-order valence-electron chi connectivity index (χ3n) is 15.7. The van der Waals surface area contributed by atoms with Crippen molar-refractivity contribution >= 4 is 11.9 Å². The zero-order chi connectivity index (χ0) is 53.6. The zero-order valence-corrected chi connectivity index (χ0v) is 50.1. The van der Waals surface area contributed by atoms with Gasteiger partial charge in [-0.05, 0) is 77.0 Å². The van der Waals surface area contributed by atoms with Gasteiger partial charge < -0.3 is 20.3 Å². The number of amides is 1. The van der Waals surface area contributed by atoms with Crippen molar-refractivity contribution in [3.8, 4) is 0 Å². The molecule has 0 saturated carbocycles. The number of carbonyl (C=O) groups excluding carboxylic acids is 2. The van der Waals surface area contributed by atoms with Gasteiger partial charge in [-0.15, -0.1) is 0 Å². The van der Waals surface area contributed by atoms with E-state index in [2.05, 4.69) is 43.5 Å². The molecule has 0 aromatic heterocycles. The molecule has 0 aliphatic carbocycles. The van der Waals surface area contributed by atoms with Gasteiger partial charge in [-0.25, -0.2) is 0 Å². The first-order chi connectivity index (χ1) is 36.5. The summed E-state index contributed by atoms with van der Waals surface area (Å²) in [6, 6.07) is -0.548. The van der Waals surface area contributed by atoms with Crippen LogP contribution < -0.4 is 5.32 Å². The van der Waals surface area contributed by atoms with Crippen LogP contribution in [0.25, 0.3) is 0 Å². The Balaban J connectivity index is 3.42. The zero-order valence-electron chi connectivity index (χ0n) is 50.1. The van der Waals surface area contributed by atoms with Crippen molar-refractivity contribution in [1.82, 2.24) is 5.32 Å². The van der Waals surface area contributed by atoms with E-state index in [1.807, 2.05) is 0 Å². The monoisotopic (exact) mass is 1040 g/mol. The molecule has 2 atom stereocenters. The molecule has 1 amide bonds. The fourth-order valence-corrected chi connectivity index (χ4v) is 10.6. The van der Waals surface area contributed by atoms with Crippen LogP contribution in [0.3, 0.4) is 0 Å². The molecule has 0 rings (SSSR count). The Hall–Kier alpha value is -1.66. The highest BCUT2D eigenvalue weighted by Crippen LogP contribution is 2.18. The minimum atomic E-state index is -0.670. The molecule has 0 heterocycles. The third-order valence-corrected chi connectivity index (χ3v) is 15.7. The number of carbonyl (C=O) groups is 2. The average Bonchev–Trinajstić information content (AvgIpc) is 3.40. The lowest BCUT2D eigenvalue weighted by Crippen LogP contribution is -2.45. The summed E-state index contributed by atoms with van der Waals surface area (Å²) in [5.74, 6) is -0.0384. The Bertz CT molecular complexity index is 1150. The molecule has 0 aliphatic heterocycles. The molecule has 0 aromatic carbocycles. The molecular weight excluding hydrogens is 911 g/mol. The molecule has 6 nitrogen and oxygen atoms in total. The van der Waals surface area contributed by atoms with E-state index < -0.39 is 12.1 Å². The lowest BCUT2D eigenvalue weighted by Gasteiger charge is -2.22.